The number of hydrogen-bond donors (Lipinski definition) is 1. The fraction of sp³-hybridized carbons (Fsp3) is 0.476. The summed E-state index contributed by atoms with van der Waals surface area (Å²) in [4.78, 5) is 14.0. The summed E-state index contributed by atoms with van der Waals surface area (Å²) in [6.45, 7) is -0.733. The molecule has 2 aromatic rings. The van der Waals surface area contributed by atoms with E-state index in [0.717, 1.165) is 22.4 Å². The van der Waals surface area contributed by atoms with Crippen molar-refractivity contribution in [2.75, 3.05) is 6.54 Å². The first-order valence-electron chi connectivity index (χ1n) is 10.2. The van der Waals surface area contributed by atoms with E-state index >= 15 is 0 Å². The number of sulfonamides is 1. The van der Waals surface area contributed by atoms with Crippen LogP contribution in [0, 0.1) is 6.92 Å². The Bertz CT molecular complexity index is 1070. The second kappa shape index (κ2) is 8.84. The second-order valence-corrected chi connectivity index (χ2v) is 11.2. The predicted molar refractivity (Wildman–Crippen MR) is 113 cm³/mol. The third-order valence-corrected chi connectivity index (χ3v) is 9.13. The second-order valence-electron chi connectivity index (χ2n) is 7.83. The zero-order valence-corrected chi connectivity index (χ0v) is 18.6. The minimum Gasteiger partial charge on any atom is -0.435 e. The normalized spacial score (nSPS) is 21.8. The number of amides is 1. The van der Waals surface area contributed by atoms with E-state index in [1.165, 1.54) is 21.7 Å². The lowest BCUT2D eigenvalue weighted by Gasteiger charge is -2.29. The largest absolute Gasteiger partial charge is 0.435 e. The van der Waals surface area contributed by atoms with Crippen LogP contribution in [0.1, 0.15) is 47.7 Å². The number of hydrogen-bond acceptors (Lipinski definition) is 5. The molecule has 6 nitrogen and oxygen atoms in total. The number of rotatable bonds is 6. The van der Waals surface area contributed by atoms with Gasteiger partial charge >= 0.3 is 6.61 Å². The fourth-order valence-electron chi connectivity index (χ4n) is 4.34. The van der Waals surface area contributed by atoms with Crippen molar-refractivity contribution < 1.29 is 26.7 Å². The first-order chi connectivity index (χ1) is 14.8. The van der Waals surface area contributed by atoms with Gasteiger partial charge in [0, 0.05) is 11.4 Å². The summed E-state index contributed by atoms with van der Waals surface area (Å²) < 4.78 is 57.1. The van der Waals surface area contributed by atoms with E-state index in [1.54, 1.807) is 24.3 Å². The third-order valence-electron chi connectivity index (χ3n) is 5.76. The number of halogens is 2. The molecule has 0 saturated carbocycles. The molecule has 2 heterocycles. The monoisotopic (exact) mass is 470 g/mol. The van der Waals surface area contributed by atoms with Crippen LogP contribution in [-0.4, -0.2) is 37.8 Å². The molecule has 1 aromatic heterocycles. The van der Waals surface area contributed by atoms with Crippen LogP contribution in [0.25, 0.3) is 0 Å². The van der Waals surface area contributed by atoms with Gasteiger partial charge in [0.15, 0.2) is 0 Å². The molecule has 168 valence electrons. The van der Waals surface area contributed by atoms with E-state index in [9.17, 15) is 22.0 Å². The number of nitrogens with zero attached hydrogens (tertiary/aromatic N) is 1. The average Bonchev–Trinajstić information content (AvgIpc) is 3.37. The molecule has 2 unspecified atom stereocenters. The number of alkyl halides is 2. The zero-order chi connectivity index (χ0) is 22.2. The standard InChI is InChI=1S/C21H24F2N2O4S2/c1-13-7-10-19(30-13)31(27,28)25-11-3-6-18(25)20(26)24-17-5-2-4-14-12-15(29-21(22)23)8-9-16(14)17/h7-10,12,17-18,21H,2-6,11H2,1H3,(H,24,26). The lowest BCUT2D eigenvalue weighted by Crippen LogP contribution is -2.47. The van der Waals surface area contributed by atoms with Gasteiger partial charge in [-0.15, -0.1) is 11.3 Å². The number of fused-ring (bicyclic) bond motifs is 1. The Morgan fingerprint density at radius 2 is 2.03 bits per heavy atom. The highest BCUT2D eigenvalue weighted by Gasteiger charge is 2.40. The van der Waals surface area contributed by atoms with Crippen LogP contribution < -0.4 is 10.1 Å². The smallest absolute Gasteiger partial charge is 0.387 e. The minimum atomic E-state index is -3.73. The Morgan fingerprint density at radius 1 is 1.23 bits per heavy atom. The first kappa shape index (κ1) is 22.2. The van der Waals surface area contributed by atoms with Crippen molar-refractivity contribution in [2.24, 2.45) is 0 Å². The van der Waals surface area contributed by atoms with Crippen LogP contribution in [0.5, 0.6) is 5.75 Å². The van der Waals surface area contributed by atoms with Gasteiger partial charge in [0.25, 0.3) is 10.0 Å². The summed E-state index contributed by atoms with van der Waals surface area (Å²) in [6, 6.07) is 7.07. The molecule has 10 heteroatoms. The molecule has 1 saturated heterocycles. The molecule has 1 aromatic carbocycles. The van der Waals surface area contributed by atoms with Gasteiger partial charge in [-0.05, 0) is 74.4 Å². The van der Waals surface area contributed by atoms with Crippen LogP contribution in [0.3, 0.4) is 0 Å². The summed E-state index contributed by atoms with van der Waals surface area (Å²) in [5.74, 6) is -0.222. The predicted octanol–water partition coefficient (Wildman–Crippen LogP) is 4.00. The van der Waals surface area contributed by atoms with Crippen molar-refractivity contribution in [1.29, 1.82) is 0 Å². The lowest BCUT2D eigenvalue weighted by molar-refractivity contribution is -0.125. The van der Waals surface area contributed by atoms with E-state index in [2.05, 4.69) is 10.1 Å². The maximum atomic E-state index is 13.1. The van der Waals surface area contributed by atoms with Crippen molar-refractivity contribution in [1.82, 2.24) is 9.62 Å². The molecule has 4 rings (SSSR count). The maximum absolute atomic E-state index is 13.1. The molecule has 31 heavy (non-hydrogen) atoms. The fourth-order valence-corrected chi connectivity index (χ4v) is 7.41. The summed E-state index contributed by atoms with van der Waals surface area (Å²) in [5.41, 5.74) is 1.72. The van der Waals surface area contributed by atoms with E-state index < -0.39 is 22.7 Å². The molecule has 1 amide bonds. The number of benzene rings is 1. The zero-order valence-electron chi connectivity index (χ0n) is 17.0. The van der Waals surface area contributed by atoms with Gasteiger partial charge < -0.3 is 10.1 Å². The van der Waals surface area contributed by atoms with Crippen molar-refractivity contribution in [3.63, 3.8) is 0 Å². The van der Waals surface area contributed by atoms with Gasteiger partial charge in [0.2, 0.25) is 5.91 Å². The van der Waals surface area contributed by atoms with Gasteiger partial charge in [-0.3, -0.25) is 4.79 Å². The maximum Gasteiger partial charge on any atom is 0.387 e. The van der Waals surface area contributed by atoms with Gasteiger partial charge in [-0.25, -0.2) is 8.42 Å². The highest BCUT2D eigenvalue weighted by molar-refractivity contribution is 7.91. The number of ether oxygens (including phenoxy) is 1. The van der Waals surface area contributed by atoms with E-state index in [1.807, 2.05) is 6.92 Å². The van der Waals surface area contributed by atoms with Crippen molar-refractivity contribution in [3.8, 4) is 5.75 Å². The summed E-state index contributed by atoms with van der Waals surface area (Å²) in [6.07, 6.45) is 3.30. The average molecular weight is 471 g/mol. The topological polar surface area (TPSA) is 75.7 Å². The molecule has 1 N–H and O–H groups in total. The SMILES string of the molecule is Cc1ccc(S(=O)(=O)N2CCCC2C(=O)NC2CCCc3cc(OC(F)F)ccc32)s1. The van der Waals surface area contributed by atoms with Crippen LogP contribution >= 0.6 is 11.3 Å². The summed E-state index contributed by atoms with van der Waals surface area (Å²) in [5, 5.41) is 3.01. The quantitative estimate of drug-likeness (QED) is 0.692. The van der Waals surface area contributed by atoms with Crippen molar-refractivity contribution in [2.45, 2.75) is 61.9 Å². The Morgan fingerprint density at radius 3 is 2.74 bits per heavy atom. The Kier molecular flexibility index (Phi) is 6.32. The number of aryl methyl sites for hydroxylation is 2. The molecule has 0 radical (unpaired) electrons. The molecular formula is C21H24F2N2O4S2. The van der Waals surface area contributed by atoms with Gasteiger partial charge in [-0.1, -0.05) is 6.07 Å². The molecule has 2 atom stereocenters. The van der Waals surface area contributed by atoms with E-state index in [4.69, 9.17) is 0 Å². The Hall–Kier alpha value is -2.04. The Balaban J connectivity index is 1.51. The lowest BCUT2D eigenvalue weighted by atomic mass is 9.87. The van der Waals surface area contributed by atoms with E-state index in [-0.39, 0.29) is 21.9 Å². The number of thiophene rings is 1. The number of nitrogens with one attached hydrogen (secondary N) is 1. The third kappa shape index (κ3) is 4.61. The highest BCUT2D eigenvalue weighted by Crippen LogP contribution is 2.34. The Labute approximate surface area is 184 Å². The molecule has 1 aliphatic carbocycles. The molecular weight excluding hydrogens is 446 g/mol. The molecule has 0 bridgehead atoms. The molecule has 2 aliphatic rings. The van der Waals surface area contributed by atoms with Crippen LogP contribution in [0.2, 0.25) is 0 Å². The van der Waals surface area contributed by atoms with Gasteiger partial charge in [0.05, 0.1) is 6.04 Å². The van der Waals surface area contributed by atoms with Gasteiger partial charge in [0.1, 0.15) is 16.0 Å². The van der Waals surface area contributed by atoms with Gasteiger partial charge in [-0.2, -0.15) is 13.1 Å². The number of carbonyl (C=O) groups is 1. The number of carbonyl (C=O) groups excluding carboxylic acids is 1. The highest BCUT2D eigenvalue weighted by atomic mass is 32.2. The van der Waals surface area contributed by atoms with Crippen LogP contribution in [0.15, 0.2) is 34.5 Å². The van der Waals surface area contributed by atoms with Crippen LogP contribution in [0.4, 0.5) is 8.78 Å². The van der Waals surface area contributed by atoms with Crippen molar-refractivity contribution in [3.05, 3.63) is 46.3 Å². The van der Waals surface area contributed by atoms with Crippen molar-refractivity contribution >= 4 is 27.3 Å². The molecule has 0 spiro atoms. The summed E-state index contributed by atoms with van der Waals surface area (Å²) in [7, 11) is -3.73. The minimum absolute atomic E-state index is 0.0972. The van der Waals surface area contributed by atoms with E-state index in [0.29, 0.717) is 32.2 Å². The van der Waals surface area contributed by atoms with Crippen LogP contribution in [-0.2, 0) is 21.2 Å². The summed E-state index contributed by atoms with van der Waals surface area (Å²) >= 11 is 1.20. The first-order valence-corrected chi connectivity index (χ1v) is 12.5. The molecule has 1 aliphatic heterocycles. The molecule has 1 fully saturated rings.